The van der Waals surface area contributed by atoms with Crippen LogP contribution < -0.4 is 5.73 Å². The van der Waals surface area contributed by atoms with E-state index in [2.05, 4.69) is 4.98 Å². The van der Waals surface area contributed by atoms with Gasteiger partial charge in [0, 0.05) is 6.07 Å². The Morgan fingerprint density at radius 1 is 1.21 bits per heavy atom. The number of aromatic nitrogens is 1. The third-order valence-corrected chi connectivity index (χ3v) is 2.97. The predicted octanol–water partition coefficient (Wildman–Crippen LogP) is 4.01. The van der Waals surface area contributed by atoms with E-state index in [0.717, 1.165) is 6.07 Å². The summed E-state index contributed by atoms with van der Waals surface area (Å²) < 4.78 is 32.0. The van der Waals surface area contributed by atoms with Gasteiger partial charge in [-0.2, -0.15) is 0 Å². The molecule has 19 heavy (non-hydrogen) atoms. The van der Waals surface area contributed by atoms with Crippen LogP contribution in [0.2, 0.25) is 5.02 Å². The van der Waals surface area contributed by atoms with E-state index >= 15 is 0 Å². The summed E-state index contributed by atoms with van der Waals surface area (Å²) in [4.78, 5) is 4.07. The van der Waals surface area contributed by atoms with Crippen LogP contribution in [0, 0.1) is 11.6 Å². The average Bonchev–Trinajstić information content (AvgIpc) is 2.76. The minimum Gasteiger partial charge on any atom is -0.434 e. The Hall–Kier alpha value is -2.14. The van der Waals surface area contributed by atoms with Crippen LogP contribution >= 0.6 is 11.6 Å². The fraction of sp³-hybridized carbons (Fsp3) is 0. The summed E-state index contributed by atoms with van der Waals surface area (Å²) in [5, 5.41) is 0.101. The number of oxazole rings is 1. The lowest BCUT2D eigenvalue weighted by Gasteiger charge is -2.01. The topological polar surface area (TPSA) is 52.0 Å². The summed E-state index contributed by atoms with van der Waals surface area (Å²) in [7, 11) is 0. The number of para-hydroxylation sites is 1. The van der Waals surface area contributed by atoms with Crippen LogP contribution in [0.5, 0.6) is 0 Å². The normalized spacial score (nSPS) is 11.1. The fourth-order valence-corrected chi connectivity index (χ4v) is 2.04. The van der Waals surface area contributed by atoms with E-state index in [4.69, 9.17) is 21.8 Å². The van der Waals surface area contributed by atoms with Gasteiger partial charge in [0.15, 0.2) is 5.58 Å². The SMILES string of the molecule is Nc1c(F)cccc1-c1nc2cc(F)cc(Cl)c2o1. The Bertz CT molecular complexity index is 786. The van der Waals surface area contributed by atoms with E-state index in [0.29, 0.717) is 5.56 Å². The number of hydrogen-bond acceptors (Lipinski definition) is 3. The van der Waals surface area contributed by atoms with Gasteiger partial charge in [-0.1, -0.05) is 17.7 Å². The Balaban J connectivity index is 2.26. The van der Waals surface area contributed by atoms with Crippen molar-refractivity contribution in [2.45, 2.75) is 0 Å². The van der Waals surface area contributed by atoms with Crippen molar-refractivity contribution >= 4 is 28.4 Å². The summed E-state index contributed by atoms with van der Waals surface area (Å²) in [6, 6.07) is 6.58. The minimum atomic E-state index is -0.572. The zero-order valence-corrected chi connectivity index (χ0v) is 10.2. The van der Waals surface area contributed by atoms with E-state index in [-0.39, 0.29) is 27.7 Å². The van der Waals surface area contributed by atoms with Crippen LogP contribution in [-0.4, -0.2) is 4.98 Å². The van der Waals surface area contributed by atoms with Gasteiger partial charge in [0.1, 0.15) is 17.2 Å². The van der Waals surface area contributed by atoms with Crippen molar-refractivity contribution in [3.8, 4) is 11.5 Å². The summed E-state index contributed by atoms with van der Waals surface area (Å²) in [5.41, 5.74) is 6.33. The second-order valence-electron chi connectivity index (χ2n) is 3.96. The minimum absolute atomic E-state index is 0.0781. The first kappa shape index (κ1) is 11.9. The van der Waals surface area contributed by atoms with E-state index in [9.17, 15) is 8.78 Å². The van der Waals surface area contributed by atoms with Crippen LogP contribution in [0.25, 0.3) is 22.6 Å². The number of benzene rings is 2. The number of halogens is 3. The molecular formula is C13H7ClF2N2O. The first-order chi connectivity index (χ1) is 9.06. The van der Waals surface area contributed by atoms with Gasteiger partial charge in [0.2, 0.25) is 5.89 Å². The number of fused-ring (bicyclic) bond motifs is 1. The maximum atomic E-state index is 13.4. The molecule has 96 valence electrons. The molecule has 0 aliphatic rings. The number of nitrogen functional groups attached to an aromatic ring is 1. The van der Waals surface area contributed by atoms with Crippen molar-refractivity contribution in [2.24, 2.45) is 0 Å². The Kier molecular flexibility index (Phi) is 2.64. The van der Waals surface area contributed by atoms with Gasteiger partial charge in [0.25, 0.3) is 0 Å². The quantitative estimate of drug-likeness (QED) is 0.685. The molecule has 0 atom stereocenters. The molecule has 3 aromatic rings. The highest BCUT2D eigenvalue weighted by molar-refractivity contribution is 6.34. The molecule has 2 aromatic carbocycles. The molecule has 1 heterocycles. The Morgan fingerprint density at radius 3 is 2.79 bits per heavy atom. The molecule has 0 radical (unpaired) electrons. The second kappa shape index (κ2) is 4.20. The number of anilines is 1. The van der Waals surface area contributed by atoms with Crippen molar-refractivity contribution in [1.82, 2.24) is 4.98 Å². The molecule has 0 fully saturated rings. The molecule has 6 heteroatoms. The van der Waals surface area contributed by atoms with Crippen LogP contribution in [0.4, 0.5) is 14.5 Å². The predicted molar refractivity (Wildman–Crippen MR) is 68.8 cm³/mol. The van der Waals surface area contributed by atoms with Crippen molar-refractivity contribution in [3.05, 3.63) is 47.0 Å². The molecule has 0 aliphatic heterocycles. The summed E-state index contributed by atoms with van der Waals surface area (Å²) >= 11 is 5.86. The van der Waals surface area contributed by atoms with Gasteiger partial charge >= 0.3 is 0 Å². The average molecular weight is 281 g/mol. The number of rotatable bonds is 1. The molecule has 3 rings (SSSR count). The summed E-state index contributed by atoms with van der Waals surface area (Å²) in [6.07, 6.45) is 0. The summed E-state index contributed by atoms with van der Waals surface area (Å²) in [5.74, 6) is -0.999. The first-order valence-corrected chi connectivity index (χ1v) is 5.74. The zero-order chi connectivity index (χ0) is 13.6. The number of nitrogens with two attached hydrogens (primary N) is 1. The first-order valence-electron chi connectivity index (χ1n) is 5.36. The summed E-state index contributed by atoms with van der Waals surface area (Å²) in [6.45, 7) is 0. The number of hydrogen-bond donors (Lipinski definition) is 1. The molecule has 0 spiro atoms. The molecule has 3 nitrogen and oxygen atoms in total. The molecule has 0 aliphatic carbocycles. The molecule has 0 saturated heterocycles. The largest absolute Gasteiger partial charge is 0.434 e. The molecule has 2 N–H and O–H groups in total. The molecule has 0 saturated carbocycles. The highest BCUT2D eigenvalue weighted by atomic mass is 35.5. The molecule has 0 unspecified atom stereocenters. The van der Waals surface area contributed by atoms with Crippen molar-refractivity contribution in [3.63, 3.8) is 0 Å². The maximum Gasteiger partial charge on any atom is 0.229 e. The van der Waals surface area contributed by atoms with E-state index < -0.39 is 11.6 Å². The van der Waals surface area contributed by atoms with Gasteiger partial charge in [-0.15, -0.1) is 0 Å². The van der Waals surface area contributed by atoms with Crippen molar-refractivity contribution < 1.29 is 13.2 Å². The molecule has 0 amide bonds. The van der Waals surface area contributed by atoms with Gasteiger partial charge in [0.05, 0.1) is 16.3 Å². The van der Waals surface area contributed by atoms with Crippen LogP contribution in [-0.2, 0) is 0 Å². The second-order valence-corrected chi connectivity index (χ2v) is 4.36. The van der Waals surface area contributed by atoms with Crippen molar-refractivity contribution in [2.75, 3.05) is 5.73 Å². The zero-order valence-electron chi connectivity index (χ0n) is 9.45. The molecule has 1 aromatic heterocycles. The van der Waals surface area contributed by atoms with E-state index in [1.54, 1.807) is 6.07 Å². The van der Waals surface area contributed by atoms with Crippen LogP contribution in [0.3, 0.4) is 0 Å². The van der Waals surface area contributed by atoms with Gasteiger partial charge in [-0.05, 0) is 18.2 Å². The standard InChI is InChI=1S/C13H7ClF2N2O/c14-8-4-6(15)5-10-12(8)19-13(18-10)7-2-1-3-9(16)11(7)17/h1-5H,17H2. The molecule has 0 bridgehead atoms. The van der Waals surface area contributed by atoms with Crippen molar-refractivity contribution in [1.29, 1.82) is 0 Å². The fourth-order valence-electron chi connectivity index (χ4n) is 1.80. The lowest BCUT2D eigenvalue weighted by molar-refractivity contribution is 0.610. The lowest BCUT2D eigenvalue weighted by atomic mass is 10.2. The van der Waals surface area contributed by atoms with Gasteiger partial charge in [-0.25, -0.2) is 13.8 Å². The van der Waals surface area contributed by atoms with Crippen LogP contribution in [0.1, 0.15) is 0 Å². The highest BCUT2D eigenvalue weighted by Gasteiger charge is 2.15. The highest BCUT2D eigenvalue weighted by Crippen LogP contribution is 2.33. The van der Waals surface area contributed by atoms with E-state index in [1.165, 1.54) is 18.2 Å². The lowest BCUT2D eigenvalue weighted by Crippen LogP contribution is -1.93. The molecular weight excluding hydrogens is 274 g/mol. The smallest absolute Gasteiger partial charge is 0.229 e. The van der Waals surface area contributed by atoms with Crippen LogP contribution in [0.15, 0.2) is 34.7 Å². The third kappa shape index (κ3) is 1.92. The Morgan fingerprint density at radius 2 is 2.00 bits per heavy atom. The van der Waals surface area contributed by atoms with Gasteiger partial charge < -0.3 is 10.2 Å². The number of nitrogens with zero attached hydrogens (tertiary/aromatic N) is 1. The Labute approximate surface area is 111 Å². The monoisotopic (exact) mass is 280 g/mol. The maximum absolute atomic E-state index is 13.4. The third-order valence-electron chi connectivity index (χ3n) is 2.69. The van der Waals surface area contributed by atoms with Gasteiger partial charge in [-0.3, -0.25) is 0 Å². The van der Waals surface area contributed by atoms with E-state index in [1.807, 2.05) is 0 Å².